The predicted octanol–water partition coefficient (Wildman–Crippen LogP) is 2.54. The van der Waals surface area contributed by atoms with Gasteiger partial charge in [0.2, 0.25) is 5.91 Å². The summed E-state index contributed by atoms with van der Waals surface area (Å²) in [6.45, 7) is 0.804. The number of pyridine rings is 1. The van der Waals surface area contributed by atoms with Gasteiger partial charge in [0.05, 0.1) is 24.4 Å². The smallest absolute Gasteiger partial charge is 0.248 e. The molecule has 0 radical (unpaired) electrons. The van der Waals surface area contributed by atoms with E-state index in [4.69, 9.17) is 9.72 Å². The first-order valence-electron chi connectivity index (χ1n) is 12.1. The Labute approximate surface area is 201 Å². The van der Waals surface area contributed by atoms with E-state index in [0.717, 1.165) is 65.0 Å². The van der Waals surface area contributed by atoms with Crippen LogP contribution in [0.25, 0.3) is 33.5 Å². The summed E-state index contributed by atoms with van der Waals surface area (Å²) in [7, 11) is 1.68. The van der Waals surface area contributed by atoms with Crippen LogP contribution in [0.2, 0.25) is 0 Å². The largest absolute Gasteiger partial charge is 0.494 e. The number of methoxy groups -OCH3 is 1. The molecule has 4 aromatic rings. The van der Waals surface area contributed by atoms with Crippen molar-refractivity contribution in [1.82, 2.24) is 29.9 Å². The molecule has 1 saturated carbocycles. The fraction of sp³-hybridized carbons (Fsp3) is 0.385. The number of carbonyl (C=O) groups is 1. The Bertz CT molecular complexity index is 1490. The van der Waals surface area contributed by atoms with Gasteiger partial charge < -0.3 is 14.7 Å². The molecule has 1 saturated heterocycles. The van der Waals surface area contributed by atoms with Crippen molar-refractivity contribution >= 4 is 16.9 Å². The van der Waals surface area contributed by atoms with Gasteiger partial charge >= 0.3 is 0 Å². The standard InChI is InChI=1S/C26H26N6O3/c1-35-21-8-20-25(28-24(21)19-7-3-5-15-4-2-6-18(15)19)23(30-29-20)16-10-27-32(11-16)26-9-17(26)12-31(14-26)22(34)13-33/h3,5,7-8,10-11,17,33H,2,4,6,9,12-14H2,1H3,(H,29,30). The first kappa shape index (κ1) is 20.6. The van der Waals surface area contributed by atoms with Gasteiger partial charge in [-0.2, -0.15) is 10.2 Å². The maximum Gasteiger partial charge on any atom is 0.248 e. The van der Waals surface area contributed by atoms with Crippen LogP contribution in [-0.2, 0) is 23.2 Å². The average molecular weight is 471 g/mol. The zero-order valence-electron chi connectivity index (χ0n) is 19.5. The van der Waals surface area contributed by atoms with Gasteiger partial charge in [-0.05, 0) is 36.8 Å². The van der Waals surface area contributed by atoms with Gasteiger partial charge in [0.15, 0.2) is 0 Å². The molecule has 0 spiro atoms. The van der Waals surface area contributed by atoms with Crippen molar-refractivity contribution in [1.29, 1.82) is 0 Å². The van der Waals surface area contributed by atoms with Crippen LogP contribution in [0.3, 0.4) is 0 Å². The summed E-state index contributed by atoms with van der Waals surface area (Å²) < 4.78 is 7.71. The van der Waals surface area contributed by atoms with E-state index in [1.165, 1.54) is 11.1 Å². The number of aromatic nitrogens is 5. The van der Waals surface area contributed by atoms with E-state index in [1.54, 1.807) is 12.0 Å². The minimum Gasteiger partial charge on any atom is -0.494 e. The number of aromatic amines is 1. The van der Waals surface area contributed by atoms with Gasteiger partial charge in [-0.1, -0.05) is 18.2 Å². The van der Waals surface area contributed by atoms with Crippen LogP contribution >= 0.6 is 0 Å². The lowest BCUT2D eigenvalue weighted by molar-refractivity contribution is -0.133. The van der Waals surface area contributed by atoms with Gasteiger partial charge in [0.1, 0.15) is 29.3 Å². The molecule has 35 heavy (non-hydrogen) atoms. The molecule has 0 bridgehead atoms. The number of rotatable bonds is 5. The number of H-pyrrole nitrogens is 1. The molecule has 7 rings (SSSR count). The Morgan fingerprint density at radius 2 is 2.23 bits per heavy atom. The van der Waals surface area contributed by atoms with E-state index >= 15 is 0 Å². The molecule has 3 aliphatic rings. The number of aryl methyl sites for hydroxylation is 1. The van der Waals surface area contributed by atoms with Crippen molar-refractivity contribution in [2.75, 3.05) is 26.8 Å². The number of amides is 1. The van der Waals surface area contributed by atoms with E-state index in [9.17, 15) is 9.90 Å². The molecule has 1 aromatic carbocycles. The van der Waals surface area contributed by atoms with E-state index in [1.807, 2.05) is 23.1 Å². The number of carbonyl (C=O) groups excluding carboxylic acids is 1. The molecule has 9 nitrogen and oxygen atoms in total. The SMILES string of the molecule is COc1cc2[nH]nc(-c3cnn(C45CC4CN(C(=O)CO)C5)c3)c2nc1-c1cccc2c1CCC2. The van der Waals surface area contributed by atoms with Crippen LogP contribution in [0.15, 0.2) is 36.7 Å². The Balaban J connectivity index is 1.28. The number of benzene rings is 1. The van der Waals surface area contributed by atoms with Crippen LogP contribution in [0.1, 0.15) is 24.0 Å². The molecule has 2 fully saturated rings. The molecule has 1 aliphatic heterocycles. The molecule has 9 heteroatoms. The summed E-state index contributed by atoms with van der Waals surface area (Å²) in [5.41, 5.74) is 7.75. The van der Waals surface area contributed by atoms with Gasteiger partial charge in [-0.25, -0.2) is 4.98 Å². The highest BCUT2D eigenvalue weighted by atomic mass is 16.5. The summed E-state index contributed by atoms with van der Waals surface area (Å²) in [6.07, 6.45) is 8.14. The number of piperidine rings is 1. The monoisotopic (exact) mass is 470 g/mol. The number of hydrogen-bond donors (Lipinski definition) is 2. The topological polar surface area (TPSA) is 109 Å². The number of nitrogens with one attached hydrogen (secondary N) is 1. The molecule has 2 N–H and O–H groups in total. The summed E-state index contributed by atoms with van der Waals surface area (Å²) in [5.74, 6) is 0.874. The lowest BCUT2D eigenvalue weighted by Gasteiger charge is -2.20. The Morgan fingerprint density at radius 3 is 3.09 bits per heavy atom. The number of ether oxygens (including phenoxy) is 1. The van der Waals surface area contributed by atoms with Gasteiger partial charge in [0.25, 0.3) is 0 Å². The highest BCUT2D eigenvalue weighted by molar-refractivity contribution is 5.93. The van der Waals surface area contributed by atoms with Crippen LogP contribution in [0.5, 0.6) is 5.75 Å². The number of likely N-dealkylation sites (tertiary alicyclic amines) is 1. The van der Waals surface area contributed by atoms with E-state index in [0.29, 0.717) is 19.0 Å². The van der Waals surface area contributed by atoms with Crippen LogP contribution in [0, 0.1) is 5.92 Å². The minimum absolute atomic E-state index is 0.179. The van der Waals surface area contributed by atoms with Crippen LogP contribution in [0.4, 0.5) is 0 Å². The normalized spacial score (nSPS) is 22.5. The quantitative estimate of drug-likeness (QED) is 0.464. The van der Waals surface area contributed by atoms with E-state index < -0.39 is 6.61 Å². The lowest BCUT2D eigenvalue weighted by atomic mass is 9.99. The number of aliphatic hydroxyl groups is 1. The van der Waals surface area contributed by atoms with Crippen LogP contribution in [-0.4, -0.2) is 67.7 Å². The number of hydrogen-bond acceptors (Lipinski definition) is 6. The second-order valence-corrected chi connectivity index (χ2v) is 9.92. The van der Waals surface area contributed by atoms with Crippen molar-refractivity contribution < 1.29 is 14.6 Å². The first-order chi connectivity index (χ1) is 17.1. The minimum atomic E-state index is -0.450. The van der Waals surface area contributed by atoms with E-state index in [-0.39, 0.29) is 11.4 Å². The van der Waals surface area contributed by atoms with Gasteiger partial charge in [-0.15, -0.1) is 0 Å². The predicted molar refractivity (Wildman–Crippen MR) is 129 cm³/mol. The zero-order valence-corrected chi connectivity index (χ0v) is 19.5. The summed E-state index contributed by atoms with van der Waals surface area (Å²) in [5, 5.41) is 21.6. The van der Waals surface area contributed by atoms with Crippen molar-refractivity contribution in [3.05, 3.63) is 47.8 Å². The molecular formula is C26H26N6O3. The molecule has 2 atom stereocenters. The Hall–Kier alpha value is -3.72. The summed E-state index contributed by atoms with van der Waals surface area (Å²) >= 11 is 0. The number of nitrogens with zero attached hydrogens (tertiary/aromatic N) is 5. The van der Waals surface area contributed by atoms with Crippen LogP contribution < -0.4 is 4.74 Å². The Morgan fingerprint density at radius 1 is 1.31 bits per heavy atom. The average Bonchev–Trinajstić information content (AvgIpc) is 3.46. The van der Waals surface area contributed by atoms with Gasteiger partial charge in [-0.3, -0.25) is 14.6 Å². The molecule has 3 aromatic heterocycles. The summed E-state index contributed by atoms with van der Waals surface area (Å²) in [4.78, 5) is 18.8. The van der Waals surface area contributed by atoms with Crippen molar-refractivity contribution in [3.8, 4) is 28.3 Å². The molecule has 2 aliphatic carbocycles. The third kappa shape index (κ3) is 2.97. The highest BCUT2D eigenvalue weighted by Gasteiger charge is 2.63. The zero-order chi connectivity index (χ0) is 23.7. The number of aliphatic hydroxyl groups excluding tert-OH is 1. The second-order valence-electron chi connectivity index (χ2n) is 9.92. The van der Waals surface area contributed by atoms with E-state index in [2.05, 4.69) is 33.5 Å². The fourth-order valence-corrected chi connectivity index (χ4v) is 6.11. The third-order valence-corrected chi connectivity index (χ3v) is 8.03. The fourth-order valence-electron chi connectivity index (χ4n) is 6.11. The maximum absolute atomic E-state index is 12.0. The molecule has 1 amide bonds. The van der Waals surface area contributed by atoms with Crippen molar-refractivity contribution in [2.45, 2.75) is 31.2 Å². The second kappa shape index (κ2) is 7.39. The number of fused-ring (bicyclic) bond motifs is 3. The van der Waals surface area contributed by atoms with Gasteiger partial charge in [0, 0.05) is 42.4 Å². The Kier molecular flexibility index (Phi) is 4.36. The molecule has 4 heterocycles. The third-order valence-electron chi connectivity index (χ3n) is 8.03. The highest BCUT2D eigenvalue weighted by Crippen LogP contribution is 2.55. The molecule has 178 valence electrons. The molecular weight excluding hydrogens is 444 g/mol. The first-order valence-corrected chi connectivity index (χ1v) is 12.1. The maximum atomic E-state index is 12.0. The molecule has 2 unspecified atom stereocenters. The van der Waals surface area contributed by atoms with Crippen molar-refractivity contribution in [3.63, 3.8) is 0 Å². The lowest BCUT2D eigenvalue weighted by Crippen LogP contribution is -2.36. The summed E-state index contributed by atoms with van der Waals surface area (Å²) in [6, 6.07) is 8.41. The van der Waals surface area contributed by atoms with Crippen molar-refractivity contribution in [2.24, 2.45) is 5.92 Å².